The Hall–Kier alpha value is -3.39. The number of carbonyl (C=O) groups is 3. The van der Waals surface area contributed by atoms with Gasteiger partial charge in [-0.1, -0.05) is 60.7 Å². The van der Waals surface area contributed by atoms with E-state index in [2.05, 4.69) is 5.32 Å². The van der Waals surface area contributed by atoms with Crippen molar-refractivity contribution in [3.8, 4) is 0 Å². The first-order chi connectivity index (χ1) is 16.6. The van der Waals surface area contributed by atoms with Crippen molar-refractivity contribution in [1.82, 2.24) is 10.2 Å². The molecule has 2 aromatic carbocycles. The largest absolute Gasteiger partial charge is 0.480 e. The number of amides is 2. The fraction of sp³-hybridized carbons (Fsp3) is 0.444. The van der Waals surface area contributed by atoms with Gasteiger partial charge in [-0.15, -0.1) is 0 Å². The van der Waals surface area contributed by atoms with E-state index in [0.29, 0.717) is 12.8 Å². The van der Waals surface area contributed by atoms with Crippen molar-refractivity contribution >= 4 is 18.0 Å². The lowest BCUT2D eigenvalue weighted by Gasteiger charge is -2.34. The molecule has 1 heterocycles. The molecule has 1 fully saturated rings. The molecule has 0 bridgehead atoms. The van der Waals surface area contributed by atoms with Gasteiger partial charge in [0.1, 0.15) is 17.7 Å². The van der Waals surface area contributed by atoms with Gasteiger partial charge in [-0.3, -0.25) is 4.79 Å². The van der Waals surface area contributed by atoms with Crippen LogP contribution < -0.4 is 5.32 Å². The molecule has 2 N–H and O–H groups in total. The Morgan fingerprint density at radius 2 is 1.63 bits per heavy atom. The third-order valence-corrected chi connectivity index (χ3v) is 5.87. The molecular formula is C27H34N2O6. The molecule has 188 valence electrons. The minimum atomic E-state index is -1.14. The van der Waals surface area contributed by atoms with Gasteiger partial charge in [0.2, 0.25) is 5.91 Å². The Morgan fingerprint density at radius 3 is 2.20 bits per heavy atom. The molecule has 1 aliphatic rings. The van der Waals surface area contributed by atoms with Gasteiger partial charge in [-0.25, -0.2) is 9.59 Å². The zero-order valence-corrected chi connectivity index (χ0v) is 20.6. The van der Waals surface area contributed by atoms with E-state index in [-0.39, 0.29) is 6.61 Å². The predicted molar refractivity (Wildman–Crippen MR) is 131 cm³/mol. The molecule has 0 saturated carbocycles. The van der Waals surface area contributed by atoms with E-state index in [9.17, 15) is 19.5 Å². The lowest BCUT2D eigenvalue weighted by atomic mass is 10.0. The number of ether oxygens (including phenoxy) is 2. The summed E-state index contributed by atoms with van der Waals surface area (Å²) in [4.78, 5) is 40.0. The van der Waals surface area contributed by atoms with Gasteiger partial charge in [-0.05, 0) is 51.7 Å². The zero-order chi connectivity index (χ0) is 25.6. The average Bonchev–Trinajstić information content (AvgIpc) is 3.26. The molecule has 1 saturated heterocycles. The molecule has 0 aliphatic carbocycles. The number of carboxylic acids is 1. The van der Waals surface area contributed by atoms with Crippen molar-refractivity contribution in [1.29, 1.82) is 0 Å². The summed E-state index contributed by atoms with van der Waals surface area (Å²) in [6, 6.07) is 16.2. The van der Waals surface area contributed by atoms with Crippen molar-refractivity contribution in [3.05, 3.63) is 71.8 Å². The molecule has 1 aliphatic heterocycles. The second-order valence-electron chi connectivity index (χ2n) is 9.73. The van der Waals surface area contributed by atoms with Gasteiger partial charge < -0.3 is 24.8 Å². The summed E-state index contributed by atoms with van der Waals surface area (Å²) in [5.41, 5.74) is 0.989. The smallest absolute Gasteiger partial charge is 0.408 e. The lowest BCUT2D eigenvalue weighted by molar-refractivity contribution is -0.152. The van der Waals surface area contributed by atoms with Crippen LogP contribution in [0.25, 0.3) is 0 Å². The van der Waals surface area contributed by atoms with Crippen LogP contribution in [0.3, 0.4) is 0 Å². The highest BCUT2D eigenvalue weighted by atomic mass is 16.6. The highest BCUT2D eigenvalue weighted by molar-refractivity contribution is 5.90. The van der Waals surface area contributed by atoms with E-state index in [4.69, 9.17) is 9.47 Å². The minimum absolute atomic E-state index is 0.228. The molecule has 2 amide bonds. The van der Waals surface area contributed by atoms with Crippen molar-refractivity contribution in [2.24, 2.45) is 0 Å². The first-order valence-corrected chi connectivity index (χ1v) is 11.8. The summed E-state index contributed by atoms with van der Waals surface area (Å²) in [5, 5.41) is 12.5. The SMILES string of the molecule is C[C@@H](OCc1ccccc1)[C@H](NC(=O)OC(C)(C)C)C(=O)N1[C@@H](C(=O)O)CC[C@H]1c1ccccc1. The van der Waals surface area contributed by atoms with Crippen molar-refractivity contribution in [3.63, 3.8) is 0 Å². The summed E-state index contributed by atoms with van der Waals surface area (Å²) >= 11 is 0. The van der Waals surface area contributed by atoms with E-state index in [1.165, 1.54) is 4.90 Å². The first kappa shape index (κ1) is 26.2. The topological polar surface area (TPSA) is 105 Å². The van der Waals surface area contributed by atoms with Crippen molar-refractivity contribution < 1.29 is 29.0 Å². The van der Waals surface area contributed by atoms with E-state index in [1.54, 1.807) is 27.7 Å². The normalized spacial score (nSPS) is 19.6. The molecule has 8 heteroatoms. The monoisotopic (exact) mass is 482 g/mol. The van der Waals surface area contributed by atoms with E-state index in [1.807, 2.05) is 60.7 Å². The van der Waals surface area contributed by atoms with Crippen LogP contribution in [0.1, 0.15) is 57.7 Å². The fourth-order valence-electron chi connectivity index (χ4n) is 4.24. The maximum atomic E-state index is 13.9. The number of hydrogen-bond donors (Lipinski definition) is 2. The molecule has 4 atom stereocenters. The van der Waals surface area contributed by atoms with Crippen LogP contribution in [0.15, 0.2) is 60.7 Å². The van der Waals surface area contributed by atoms with Gasteiger partial charge in [0.05, 0.1) is 18.8 Å². The Bertz CT molecular complexity index is 1010. The van der Waals surface area contributed by atoms with E-state index >= 15 is 0 Å². The maximum absolute atomic E-state index is 13.9. The molecule has 8 nitrogen and oxygen atoms in total. The van der Waals surface area contributed by atoms with Gasteiger partial charge in [-0.2, -0.15) is 0 Å². The number of alkyl carbamates (subject to hydrolysis) is 1. The van der Waals surface area contributed by atoms with Crippen LogP contribution in [-0.4, -0.2) is 51.8 Å². The first-order valence-electron chi connectivity index (χ1n) is 11.8. The number of likely N-dealkylation sites (tertiary alicyclic amines) is 1. The number of aliphatic carboxylic acids is 1. The highest BCUT2D eigenvalue weighted by Crippen LogP contribution is 2.37. The molecule has 0 unspecified atom stereocenters. The van der Waals surface area contributed by atoms with Crippen LogP contribution in [-0.2, 0) is 25.7 Å². The Kier molecular flexibility index (Phi) is 8.51. The maximum Gasteiger partial charge on any atom is 0.408 e. The highest BCUT2D eigenvalue weighted by Gasteiger charge is 2.45. The molecule has 35 heavy (non-hydrogen) atoms. The number of carbonyl (C=O) groups excluding carboxylic acids is 2. The van der Waals surface area contributed by atoms with Crippen LogP contribution in [0, 0.1) is 0 Å². The summed E-state index contributed by atoms with van der Waals surface area (Å²) in [5.74, 6) is -1.60. The van der Waals surface area contributed by atoms with Gasteiger partial charge in [0, 0.05) is 0 Å². The number of hydrogen-bond acceptors (Lipinski definition) is 5. The number of carboxylic acid groups (broad SMARTS) is 1. The molecule has 2 aromatic rings. The number of benzene rings is 2. The minimum Gasteiger partial charge on any atom is -0.480 e. The lowest BCUT2D eigenvalue weighted by Crippen LogP contribution is -2.57. The summed E-state index contributed by atoms with van der Waals surface area (Å²) in [7, 11) is 0. The average molecular weight is 483 g/mol. The molecule has 0 aromatic heterocycles. The molecular weight excluding hydrogens is 448 g/mol. The molecule has 0 spiro atoms. The second-order valence-corrected chi connectivity index (χ2v) is 9.73. The number of nitrogens with one attached hydrogen (secondary N) is 1. The van der Waals surface area contributed by atoms with Crippen LogP contribution >= 0.6 is 0 Å². The third-order valence-electron chi connectivity index (χ3n) is 5.87. The van der Waals surface area contributed by atoms with E-state index in [0.717, 1.165) is 11.1 Å². The predicted octanol–water partition coefficient (Wildman–Crippen LogP) is 4.30. The van der Waals surface area contributed by atoms with Crippen LogP contribution in [0.5, 0.6) is 0 Å². The van der Waals surface area contributed by atoms with Crippen molar-refractivity contribution in [2.75, 3.05) is 0 Å². The molecule has 3 rings (SSSR count). The molecule has 0 radical (unpaired) electrons. The van der Waals surface area contributed by atoms with Gasteiger partial charge >= 0.3 is 12.1 Å². The quantitative estimate of drug-likeness (QED) is 0.581. The zero-order valence-electron chi connectivity index (χ0n) is 20.6. The Morgan fingerprint density at radius 1 is 1.03 bits per heavy atom. The second kappa shape index (κ2) is 11.4. The summed E-state index contributed by atoms with van der Waals surface area (Å²) in [6.45, 7) is 7.10. The van der Waals surface area contributed by atoms with Crippen LogP contribution in [0.2, 0.25) is 0 Å². The number of rotatable bonds is 8. The van der Waals surface area contributed by atoms with Crippen molar-refractivity contribution in [2.45, 2.75) is 77.0 Å². The third kappa shape index (κ3) is 7.05. The van der Waals surface area contributed by atoms with Gasteiger partial charge in [0.15, 0.2) is 0 Å². The standard InChI is InChI=1S/C27H34N2O6/c1-18(34-17-19-11-7-5-8-12-19)23(28-26(33)35-27(2,3)4)24(30)29-21(15-16-22(29)25(31)32)20-13-9-6-10-14-20/h5-14,18,21-23H,15-17H2,1-4H3,(H,28,33)(H,31,32)/t18-,21+,22-,23+/m1/s1. The summed E-state index contributed by atoms with van der Waals surface area (Å²) in [6.07, 6.45) is -0.695. The van der Waals surface area contributed by atoms with E-state index < -0.39 is 47.8 Å². The van der Waals surface area contributed by atoms with Crippen LogP contribution in [0.4, 0.5) is 4.79 Å². The summed E-state index contributed by atoms with van der Waals surface area (Å²) < 4.78 is 11.4. The van der Waals surface area contributed by atoms with Gasteiger partial charge in [0.25, 0.3) is 0 Å². The number of nitrogens with zero attached hydrogens (tertiary/aromatic N) is 1. The Labute approximate surface area is 206 Å². The fourth-order valence-corrected chi connectivity index (χ4v) is 4.24. The Balaban J connectivity index is 1.88.